The van der Waals surface area contributed by atoms with Gasteiger partial charge in [-0.3, -0.25) is 0 Å². The number of hydrogen-bond acceptors (Lipinski definition) is 4. The van der Waals surface area contributed by atoms with Crippen molar-refractivity contribution in [3.63, 3.8) is 0 Å². The van der Waals surface area contributed by atoms with Gasteiger partial charge in [0, 0.05) is 11.6 Å². The van der Waals surface area contributed by atoms with Crippen molar-refractivity contribution in [3.8, 4) is 17.1 Å². The van der Waals surface area contributed by atoms with E-state index >= 15 is 0 Å². The lowest BCUT2D eigenvalue weighted by atomic mass is 10.2. The molecule has 0 unspecified atom stereocenters. The molecule has 5 heteroatoms. The van der Waals surface area contributed by atoms with Gasteiger partial charge in [-0.1, -0.05) is 0 Å². The molecule has 2 aromatic rings. The lowest BCUT2D eigenvalue weighted by Gasteiger charge is -2.02. The van der Waals surface area contributed by atoms with Crippen LogP contribution < -0.4 is 4.74 Å². The van der Waals surface area contributed by atoms with E-state index in [0.717, 1.165) is 15.2 Å². The molecule has 0 N–H and O–H groups in total. The van der Waals surface area contributed by atoms with E-state index in [4.69, 9.17) is 4.74 Å². The van der Waals surface area contributed by atoms with Crippen molar-refractivity contribution in [2.45, 2.75) is 0 Å². The smallest absolute Gasteiger partial charge is 0.222 e. The lowest BCUT2D eigenvalue weighted by molar-refractivity contribution is 0.399. The summed E-state index contributed by atoms with van der Waals surface area (Å²) in [6.07, 6.45) is 1.70. The number of hydrogen-bond donors (Lipinski definition) is 0. The van der Waals surface area contributed by atoms with Crippen molar-refractivity contribution in [3.05, 3.63) is 27.6 Å². The largest absolute Gasteiger partial charge is 0.481 e. The van der Waals surface area contributed by atoms with Crippen molar-refractivity contribution in [2.24, 2.45) is 0 Å². The summed E-state index contributed by atoms with van der Waals surface area (Å²) in [5.41, 5.74) is 1.80. The monoisotopic (exact) mass is 270 g/mol. The van der Waals surface area contributed by atoms with Crippen LogP contribution in [0.5, 0.6) is 5.88 Å². The third-order valence-corrected chi connectivity index (χ3v) is 3.08. The molecule has 0 amide bonds. The number of thiazole rings is 1. The Morgan fingerprint density at radius 2 is 2.36 bits per heavy atom. The van der Waals surface area contributed by atoms with Crippen molar-refractivity contribution in [1.82, 2.24) is 9.97 Å². The second kappa shape index (κ2) is 4.06. The molecule has 0 aliphatic carbocycles. The number of nitrogens with zero attached hydrogens (tertiary/aromatic N) is 2. The van der Waals surface area contributed by atoms with E-state index < -0.39 is 0 Å². The van der Waals surface area contributed by atoms with Crippen LogP contribution in [-0.2, 0) is 0 Å². The summed E-state index contributed by atoms with van der Waals surface area (Å²) in [7, 11) is 1.60. The van der Waals surface area contributed by atoms with Crippen LogP contribution in [0.15, 0.2) is 27.6 Å². The minimum absolute atomic E-state index is 0.602. The molecule has 2 heterocycles. The molecule has 0 saturated carbocycles. The number of methoxy groups -OCH3 is 1. The summed E-state index contributed by atoms with van der Waals surface area (Å²) < 4.78 is 6.01. The standard InChI is InChI=1S/C9H7BrN2OS/c1-13-8-6(3-2-4-11-8)7-5-14-9(10)12-7/h2-5H,1H3. The SMILES string of the molecule is COc1ncccc1-c1csc(Br)n1. The van der Waals surface area contributed by atoms with Gasteiger partial charge in [0.1, 0.15) is 0 Å². The van der Waals surface area contributed by atoms with E-state index in [2.05, 4.69) is 25.9 Å². The van der Waals surface area contributed by atoms with Gasteiger partial charge in [-0.05, 0) is 28.1 Å². The maximum absolute atomic E-state index is 5.15. The second-order valence-corrected chi connectivity index (χ2v) is 4.68. The highest BCUT2D eigenvalue weighted by atomic mass is 79.9. The summed E-state index contributed by atoms with van der Waals surface area (Å²) in [6.45, 7) is 0. The first-order valence-corrected chi connectivity index (χ1v) is 5.59. The first-order chi connectivity index (χ1) is 6.81. The van der Waals surface area contributed by atoms with Crippen molar-refractivity contribution < 1.29 is 4.74 Å². The van der Waals surface area contributed by atoms with Crippen molar-refractivity contribution >= 4 is 27.3 Å². The fraction of sp³-hybridized carbons (Fsp3) is 0.111. The fourth-order valence-electron chi connectivity index (χ4n) is 1.12. The summed E-state index contributed by atoms with van der Waals surface area (Å²) in [4.78, 5) is 8.41. The second-order valence-electron chi connectivity index (χ2n) is 2.55. The maximum atomic E-state index is 5.15. The Hall–Kier alpha value is -0.940. The predicted octanol–water partition coefficient (Wildman–Crippen LogP) is 2.98. The fourth-order valence-corrected chi connectivity index (χ4v) is 2.13. The topological polar surface area (TPSA) is 35.0 Å². The van der Waals surface area contributed by atoms with Crippen molar-refractivity contribution in [2.75, 3.05) is 7.11 Å². The molecule has 0 fully saturated rings. The third kappa shape index (κ3) is 1.78. The van der Waals surface area contributed by atoms with Crippen LogP contribution in [0, 0.1) is 0 Å². The van der Waals surface area contributed by atoms with E-state index in [0.29, 0.717) is 5.88 Å². The number of pyridine rings is 1. The van der Waals surface area contributed by atoms with Gasteiger partial charge < -0.3 is 4.74 Å². The Labute approximate surface area is 93.9 Å². The van der Waals surface area contributed by atoms with Gasteiger partial charge in [-0.25, -0.2) is 9.97 Å². The van der Waals surface area contributed by atoms with Gasteiger partial charge >= 0.3 is 0 Å². The molecule has 2 aromatic heterocycles. The average molecular weight is 271 g/mol. The van der Waals surface area contributed by atoms with Crippen LogP contribution in [0.2, 0.25) is 0 Å². The molecule has 0 aliphatic rings. The van der Waals surface area contributed by atoms with Gasteiger partial charge in [0.2, 0.25) is 5.88 Å². The van der Waals surface area contributed by atoms with E-state index in [9.17, 15) is 0 Å². The zero-order chi connectivity index (χ0) is 9.97. The highest BCUT2D eigenvalue weighted by Gasteiger charge is 2.08. The number of rotatable bonds is 2. The molecule has 0 aliphatic heterocycles. The first-order valence-electron chi connectivity index (χ1n) is 3.91. The lowest BCUT2D eigenvalue weighted by Crippen LogP contribution is -1.90. The molecule has 0 aromatic carbocycles. The molecular weight excluding hydrogens is 264 g/mol. The first kappa shape index (κ1) is 9.61. The van der Waals surface area contributed by atoms with Gasteiger partial charge in [0.25, 0.3) is 0 Å². The van der Waals surface area contributed by atoms with E-state index in [-0.39, 0.29) is 0 Å². The molecule has 14 heavy (non-hydrogen) atoms. The molecule has 0 radical (unpaired) electrons. The van der Waals surface area contributed by atoms with Crippen LogP contribution in [-0.4, -0.2) is 17.1 Å². The van der Waals surface area contributed by atoms with E-state index in [1.54, 1.807) is 24.6 Å². The number of halogens is 1. The summed E-state index contributed by atoms with van der Waals surface area (Å²) in [5.74, 6) is 0.602. The van der Waals surface area contributed by atoms with Gasteiger partial charge in [0.05, 0.1) is 18.4 Å². The van der Waals surface area contributed by atoms with Crippen LogP contribution in [0.3, 0.4) is 0 Å². The molecule has 3 nitrogen and oxygen atoms in total. The molecule has 0 atom stereocenters. The van der Waals surface area contributed by atoms with Crippen LogP contribution in [0.4, 0.5) is 0 Å². The summed E-state index contributed by atoms with van der Waals surface area (Å²) >= 11 is 4.86. The average Bonchev–Trinajstić information content (AvgIpc) is 2.65. The highest BCUT2D eigenvalue weighted by Crippen LogP contribution is 2.29. The van der Waals surface area contributed by atoms with Crippen LogP contribution in [0.25, 0.3) is 11.3 Å². The summed E-state index contributed by atoms with van der Waals surface area (Å²) in [5, 5.41) is 1.96. The Balaban J connectivity index is 2.50. The normalized spacial score (nSPS) is 10.1. The van der Waals surface area contributed by atoms with Gasteiger partial charge in [0.15, 0.2) is 3.92 Å². The number of ether oxygens (including phenoxy) is 1. The molecule has 0 spiro atoms. The van der Waals surface area contributed by atoms with Crippen molar-refractivity contribution in [1.29, 1.82) is 0 Å². The Bertz CT molecular complexity index is 444. The zero-order valence-corrected chi connectivity index (χ0v) is 9.80. The minimum Gasteiger partial charge on any atom is -0.481 e. The Kier molecular flexibility index (Phi) is 2.79. The number of aromatic nitrogens is 2. The quantitative estimate of drug-likeness (QED) is 0.842. The molecule has 2 rings (SSSR count). The maximum Gasteiger partial charge on any atom is 0.222 e. The van der Waals surface area contributed by atoms with Crippen LogP contribution in [0.1, 0.15) is 0 Å². The van der Waals surface area contributed by atoms with E-state index in [1.165, 1.54) is 0 Å². The Morgan fingerprint density at radius 3 is 3.00 bits per heavy atom. The molecule has 72 valence electrons. The predicted molar refractivity (Wildman–Crippen MR) is 59.6 cm³/mol. The Morgan fingerprint density at radius 1 is 1.50 bits per heavy atom. The van der Waals surface area contributed by atoms with Gasteiger partial charge in [-0.15, -0.1) is 11.3 Å². The highest BCUT2D eigenvalue weighted by molar-refractivity contribution is 9.11. The molecule has 0 bridgehead atoms. The molecule has 0 saturated heterocycles. The van der Waals surface area contributed by atoms with E-state index in [1.807, 2.05) is 17.5 Å². The third-order valence-electron chi connectivity index (χ3n) is 1.72. The zero-order valence-electron chi connectivity index (χ0n) is 7.40. The summed E-state index contributed by atoms with van der Waals surface area (Å²) in [6, 6.07) is 3.80. The minimum atomic E-state index is 0.602. The van der Waals surface area contributed by atoms with Crippen LogP contribution >= 0.6 is 27.3 Å². The molecular formula is C9H7BrN2OS. The van der Waals surface area contributed by atoms with Gasteiger partial charge in [-0.2, -0.15) is 0 Å².